The molecule has 0 fully saturated rings. The Labute approximate surface area is 92.9 Å². The number of anilines is 1. The number of hydrogen-bond donors (Lipinski definition) is 2. The number of aromatic nitrogens is 3. The number of nitrogens with zero attached hydrogens (tertiary/aromatic N) is 2. The first-order chi connectivity index (χ1) is 7.61. The molecule has 0 aliphatic rings. The number of pyridine rings is 1. The molecule has 0 aliphatic heterocycles. The predicted molar refractivity (Wildman–Crippen MR) is 62.3 cm³/mol. The second kappa shape index (κ2) is 3.84. The highest BCUT2D eigenvalue weighted by atomic mass is 16.1. The summed E-state index contributed by atoms with van der Waals surface area (Å²) < 4.78 is 1.52. The summed E-state index contributed by atoms with van der Waals surface area (Å²) >= 11 is 0. The molecule has 2 rings (SSSR count). The van der Waals surface area contributed by atoms with Crippen molar-refractivity contribution in [3.05, 3.63) is 46.0 Å². The number of rotatable bonds is 2. The van der Waals surface area contributed by atoms with Crippen LogP contribution in [0.15, 0.2) is 29.3 Å². The van der Waals surface area contributed by atoms with Gasteiger partial charge in [-0.3, -0.25) is 14.9 Å². The van der Waals surface area contributed by atoms with Gasteiger partial charge in [-0.2, -0.15) is 0 Å². The van der Waals surface area contributed by atoms with Crippen molar-refractivity contribution in [3.8, 4) is 0 Å². The average molecular weight is 218 g/mol. The third-order valence-corrected chi connectivity index (χ3v) is 2.74. The average Bonchev–Trinajstić information content (AvgIpc) is 2.57. The fourth-order valence-corrected chi connectivity index (χ4v) is 1.61. The van der Waals surface area contributed by atoms with Crippen LogP contribution < -0.4 is 11.3 Å². The summed E-state index contributed by atoms with van der Waals surface area (Å²) in [6.45, 7) is 3.63. The van der Waals surface area contributed by atoms with Crippen molar-refractivity contribution in [1.82, 2.24) is 14.8 Å². The standard InChI is InChI=1S/C11H14N4O/c1-7-10(12)14-15(11(7)16)8(2)9-4-3-5-13-6-9/h3-6,8,14H,12H2,1-2H3. The van der Waals surface area contributed by atoms with Gasteiger partial charge in [0.1, 0.15) is 5.82 Å². The van der Waals surface area contributed by atoms with Crippen molar-refractivity contribution < 1.29 is 0 Å². The van der Waals surface area contributed by atoms with Crippen molar-refractivity contribution in [2.75, 3.05) is 5.73 Å². The maximum atomic E-state index is 11.8. The van der Waals surface area contributed by atoms with Crippen LogP contribution in [-0.2, 0) is 0 Å². The summed E-state index contributed by atoms with van der Waals surface area (Å²) in [7, 11) is 0. The van der Waals surface area contributed by atoms with E-state index in [-0.39, 0.29) is 11.6 Å². The molecule has 0 aliphatic carbocycles. The summed E-state index contributed by atoms with van der Waals surface area (Å²) in [6, 6.07) is 3.67. The number of nitrogens with two attached hydrogens (primary N) is 1. The largest absolute Gasteiger partial charge is 0.384 e. The first kappa shape index (κ1) is 10.5. The van der Waals surface area contributed by atoms with Crippen molar-refractivity contribution in [3.63, 3.8) is 0 Å². The lowest BCUT2D eigenvalue weighted by Gasteiger charge is -2.11. The molecule has 2 aromatic rings. The van der Waals surface area contributed by atoms with Crippen LogP contribution in [0.25, 0.3) is 0 Å². The lowest BCUT2D eigenvalue weighted by atomic mass is 10.1. The molecule has 16 heavy (non-hydrogen) atoms. The minimum absolute atomic E-state index is 0.0890. The fraction of sp³-hybridized carbons (Fsp3) is 0.273. The lowest BCUT2D eigenvalue weighted by molar-refractivity contribution is 0.547. The quantitative estimate of drug-likeness (QED) is 0.791. The maximum Gasteiger partial charge on any atom is 0.272 e. The van der Waals surface area contributed by atoms with Crippen LogP contribution >= 0.6 is 0 Å². The van der Waals surface area contributed by atoms with Gasteiger partial charge in [0.15, 0.2) is 0 Å². The van der Waals surface area contributed by atoms with Crippen molar-refractivity contribution in [2.24, 2.45) is 0 Å². The SMILES string of the molecule is Cc1c(N)[nH]n(C(C)c2cccnc2)c1=O. The molecule has 5 heteroatoms. The fourth-order valence-electron chi connectivity index (χ4n) is 1.61. The Kier molecular flexibility index (Phi) is 2.52. The Bertz CT molecular complexity index is 541. The van der Waals surface area contributed by atoms with E-state index >= 15 is 0 Å². The Balaban J connectivity index is 2.46. The van der Waals surface area contributed by atoms with Crippen LogP contribution in [0.3, 0.4) is 0 Å². The molecule has 84 valence electrons. The van der Waals surface area contributed by atoms with E-state index in [9.17, 15) is 4.79 Å². The summed E-state index contributed by atoms with van der Waals surface area (Å²) in [5.41, 5.74) is 7.09. The summed E-state index contributed by atoms with van der Waals surface area (Å²) in [5, 5.41) is 2.87. The molecule has 0 saturated carbocycles. The van der Waals surface area contributed by atoms with E-state index in [4.69, 9.17) is 5.73 Å². The lowest BCUT2D eigenvalue weighted by Crippen LogP contribution is -2.22. The molecular weight excluding hydrogens is 204 g/mol. The zero-order chi connectivity index (χ0) is 11.7. The number of aromatic amines is 1. The van der Waals surface area contributed by atoms with Crippen LogP contribution in [0.2, 0.25) is 0 Å². The molecule has 2 heterocycles. The highest BCUT2D eigenvalue weighted by Gasteiger charge is 2.14. The van der Waals surface area contributed by atoms with E-state index in [0.29, 0.717) is 11.4 Å². The van der Waals surface area contributed by atoms with Crippen LogP contribution in [0.1, 0.15) is 24.1 Å². The molecule has 0 bridgehead atoms. The number of nitrogen functional groups attached to an aromatic ring is 1. The Morgan fingerprint density at radius 2 is 2.31 bits per heavy atom. The second-order valence-electron chi connectivity index (χ2n) is 3.79. The van der Waals surface area contributed by atoms with Gasteiger partial charge >= 0.3 is 0 Å². The smallest absolute Gasteiger partial charge is 0.272 e. The van der Waals surface area contributed by atoms with Crippen LogP contribution in [0.5, 0.6) is 0 Å². The molecule has 0 amide bonds. The third-order valence-electron chi connectivity index (χ3n) is 2.74. The molecule has 0 saturated heterocycles. The van der Waals surface area contributed by atoms with Crippen LogP contribution in [-0.4, -0.2) is 14.8 Å². The van der Waals surface area contributed by atoms with Gasteiger partial charge < -0.3 is 5.73 Å². The van der Waals surface area contributed by atoms with Crippen LogP contribution in [0.4, 0.5) is 5.82 Å². The van der Waals surface area contributed by atoms with E-state index in [1.54, 1.807) is 19.3 Å². The minimum Gasteiger partial charge on any atom is -0.384 e. The molecular formula is C11H14N4O. The predicted octanol–water partition coefficient (Wildman–Crippen LogP) is 1.07. The monoisotopic (exact) mass is 218 g/mol. The highest BCUT2D eigenvalue weighted by Crippen LogP contribution is 2.15. The van der Waals surface area contributed by atoms with Gasteiger partial charge in [0.2, 0.25) is 0 Å². The molecule has 5 nitrogen and oxygen atoms in total. The Hall–Kier alpha value is -2.04. The number of hydrogen-bond acceptors (Lipinski definition) is 3. The third kappa shape index (κ3) is 1.60. The van der Waals surface area contributed by atoms with Gasteiger partial charge in [0.05, 0.1) is 11.6 Å². The normalized spacial score (nSPS) is 12.6. The van der Waals surface area contributed by atoms with Gasteiger partial charge in [0, 0.05) is 12.4 Å². The zero-order valence-corrected chi connectivity index (χ0v) is 9.27. The molecule has 0 radical (unpaired) electrons. The first-order valence-electron chi connectivity index (χ1n) is 5.07. The summed E-state index contributed by atoms with van der Waals surface area (Å²) in [5.74, 6) is 0.417. The molecule has 2 aromatic heterocycles. The van der Waals surface area contributed by atoms with Crippen molar-refractivity contribution in [2.45, 2.75) is 19.9 Å². The van der Waals surface area contributed by atoms with E-state index < -0.39 is 0 Å². The zero-order valence-electron chi connectivity index (χ0n) is 9.27. The molecule has 0 aromatic carbocycles. The van der Waals surface area contributed by atoms with E-state index in [2.05, 4.69) is 10.1 Å². The molecule has 0 spiro atoms. The Morgan fingerprint density at radius 3 is 2.81 bits per heavy atom. The van der Waals surface area contributed by atoms with Gasteiger partial charge in [0.25, 0.3) is 5.56 Å². The number of H-pyrrole nitrogens is 1. The van der Waals surface area contributed by atoms with Crippen LogP contribution in [0, 0.1) is 6.92 Å². The highest BCUT2D eigenvalue weighted by molar-refractivity contribution is 5.36. The number of nitrogens with one attached hydrogen (secondary N) is 1. The minimum atomic E-state index is -0.0998. The molecule has 1 atom stereocenters. The van der Waals surface area contributed by atoms with E-state index in [1.165, 1.54) is 4.68 Å². The maximum absolute atomic E-state index is 11.8. The van der Waals surface area contributed by atoms with Gasteiger partial charge in [-0.25, -0.2) is 4.68 Å². The van der Waals surface area contributed by atoms with Crippen molar-refractivity contribution >= 4 is 5.82 Å². The van der Waals surface area contributed by atoms with Gasteiger partial charge in [-0.15, -0.1) is 0 Å². The van der Waals surface area contributed by atoms with Gasteiger partial charge in [-0.05, 0) is 25.5 Å². The topological polar surface area (TPSA) is 76.7 Å². The summed E-state index contributed by atoms with van der Waals surface area (Å²) in [6.07, 6.45) is 3.44. The second-order valence-corrected chi connectivity index (χ2v) is 3.79. The first-order valence-corrected chi connectivity index (χ1v) is 5.07. The van der Waals surface area contributed by atoms with Gasteiger partial charge in [-0.1, -0.05) is 6.07 Å². The van der Waals surface area contributed by atoms with Crippen molar-refractivity contribution in [1.29, 1.82) is 0 Å². The van der Waals surface area contributed by atoms with E-state index in [1.807, 2.05) is 19.1 Å². The summed E-state index contributed by atoms with van der Waals surface area (Å²) in [4.78, 5) is 15.9. The molecule has 1 unspecified atom stereocenters. The molecule has 3 N–H and O–H groups in total. The van der Waals surface area contributed by atoms with E-state index in [0.717, 1.165) is 5.56 Å². The Morgan fingerprint density at radius 1 is 1.56 bits per heavy atom.